The molecule has 3 atom stereocenters. The first-order chi connectivity index (χ1) is 6.70. The van der Waals surface area contributed by atoms with Crippen molar-refractivity contribution in [3.05, 3.63) is 12.7 Å². The van der Waals surface area contributed by atoms with E-state index in [1.165, 1.54) is 25.7 Å². The minimum absolute atomic E-state index is 0.465. The molecule has 1 rings (SSSR count). The molecule has 0 bridgehead atoms. The van der Waals surface area contributed by atoms with Crippen LogP contribution in [0.5, 0.6) is 0 Å². The van der Waals surface area contributed by atoms with Crippen molar-refractivity contribution < 1.29 is 0 Å². The molecule has 0 aromatic heterocycles. The van der Waals surface area contributed by atoms with E-state index < -0.39 is 0 Å². The first-order valence-corrected chi connectivity index (χ1v) is 5.75. The van der Waals surface area contributed by atoms with Crippen LogP contribution < -0.4 is 5.73 Å². The van der Waals surface area contributed by atoms with Crippen LogP contribution in [0.4, 0.5) is 0 Å². The quantitative estimate of drug-likeness (QED) is 0.697. The molecule has 2 nitrogen and oxygen atoms in total. The van der Waals surface area contributed by atoms with Gasteiger partial charge in [-0.3, -0.25) is 4.90 Å². The number of hydrogen-bond acceptors (Lipinski definition) is 2. The van der Waals surface area contributed by atoms with Crippen molar-refractivity contribution in [3.63, 3.8) is 0 Å². The molecule has 0 aromatic carbocycles. The van der Waals surface area contributed by atoms with Gasteiger partial charge in [-0.2, -0.15) is 0 Å². The molecule has 2 N–H and O–H groups in total. The van der Waals surface area contributed by atoms with E-state index in [0.717, 1.165) is 6.54 Å². The summed E-state index contributed by atoms with van der Waals surface area (Å²) in [6, 6.07) is 1.13. The van der Waals surface area contributed by atoms with Gasteiger partial charge in [0.15, 0.2) is 0 Å². The Hall–Kier alpha value is -0.340. The lowest BCUT2D eigenvalue weighted by Gasteiger charge is -2.39. The normalized spacial score (nSPS) is 30.3. The maximum absolute atomic E-state index is 5.82. The smallest absolute Gasteiger partial charge is 0.0247 e. The molecular weight excluding hydrogens is 172 g/mol. The average Bonchev–Trinajstić information content (AvgIpc) is 2.26. The van der Waals surface area contributed by atoms with E-state index in [0.29, 0.717) is 18.0 Å². The zero-order valence-electron chi connectivity index (χ0n) is 9.58. The van der Waals surface area contributed by atoms with E-state index in [9.17, 15) is 0 Å². The molecule has 0 saturated heterocycles. The van der Waals surface area contributed by atoms with Crippen LogP contribution in [0, 0.1) is 5.92 Å². The van der Waals surface area contributed by atoms with Gasteiger partial charge in [0.25, 0.3) is 0 Å². The molecule has 0 heterocycles. The second-order valence-corrected chi connectivity index (χ2v) is 4.49. The van der Waals surface area contributed by atoms with E-state index in [-0.39, 0.29) is 0 Å². The minimum Gasteiger partial charge on any atom is -0.330 e. The first-order valence-electron chi connectivity index (χ1n) is 5.75. The van der Waals surface area contributed by atoms with Gasteiger partial charge in [-0.25, -0.2) is 0 Å². The third-order valence-electron chi connectivity index (χ3n) is 3.68. The SMILES string of the molecule is C=CC(C)N(C)C1CCCCC1CN. The summed E-state index contributed by atoms with van der Waals surface area (Å²) in [4.78, 5) is 2.43. The molecule has 2 heteroatoms. The highest BCUT2D eigenvalue weighted by atomic mass is 15.2. The Kier molecular flexibility index (Phi) is 4.63. The Labute approximate surface area is 88.2 Å². The predicted molar refractivity (Wildman–Crippen MR) is 62.2 cm³/mol. The van der Waals surface area contributed by atoms with Crippen LogP contribution in [0.3, 0.4) is 0 Å². The van der Waals surface area contributed by atoms with Crippen molar-refractivity contribution in [3.8, 4) is 0 Å². The molecule has 82 valence electrons. The lowest BCUT2D eigenvalue weighted by atomic mass is 9.83. The minimum atomic E-state index is 0.465. The molecule has 0 aliphatic heterocycles. The Morgan fingerprint density at radius 3 is 2.71 bits per heavy atom. The molecule has 0 aromatic rings. The molecule has 1 aliphatic carbocycles. The van der Waals surface area contributed by atoms with Crippen molar-refractivity contribution in [2.24, 2.45) is 11.7 Å². The summed E-state index contributed by atoms with van der Waals surface area (Å²) in [7, 11) is 2.20. The number of hydrogen-bond donors (Lipinski definition) is 1. The summed E-state index contributed by atoms with van der Waals surface area (Å²) in [5, 5.41) is 0. The summed E-state index contributed by atoms with van der Waals surface area (Å²) in [5.74, 6) is 0.691. The molecule has 14 heavy (non-hydrogen) atoms. The van der Waals surface area contributed by atoms with Gasteiger partial charge in [0.05, 0.1) is 0 Å². The first kappa shape index (κ1) is 11.7. The fraction of sp³-hybridized carbons (Fsp3) is 0.833. The number of nitrogens with zero attached hydrogens (tertiary/aromatic N) is 1. The van der Waals surface area contributed by atoms with Gasteiger partial charge in [-0.15, -0.1) is 6.58 Å². The maximum Gasteiger partial charge on any atom is 0.0247 e. The number of rotatable bonds is 4. The van der Waals surface area contributed by atoms with Crippen LogP contribution in [-0.4, -0.2) is 30.6 Å². The Morgan fingerprint density at radius 1 is 1.50 bits per heavy atom. The largest absolute Gasteiger partial charge is 0.330 e. The van der Waals surface area contributed by atoms with Crippen molar-refractivity contribution in [2.45, 2.75) is 44.7 Å². The number of nitrogens with two attached hydrogens (primary N) is 1. The topological polar surface area (TPSA) is 29.3 Å². The van der Waals surface area contributed by atoms with Crippen LogP contribution in [0.1, 0.15) is 32.6 Å². The van der Waals surface area contributed by atoms with Gasteiger partial charge in [0.1, 0.15) is 0 Å². The van der Waals surface area contributed by atoms with Crippen molar-refractivity contribution in [2.75, 3.05) is 13.6 Å². The highest BCUT2D eigenvalue weighted by molar-refractivity contribution is 4.90. The molecule has 1 fully saturated rings. The van der Waals surface area contributed by atoms with Crippen LogP contribution in [0.2, 0.25) is 0 Å². The van der Waals surface area contributed by atoms with Gasteiger partial charge in [0, 0.05) is 12.1 Å². The Bertz CT molecular complexity index is 179. The van der Waals surface area contributed by atoms with E-state index >= 15 is 0 Å². The van der Waals surface area contributed by atoms with Gasteiger partial charge >= 0.3 is 0 Å². The van der Waals surface area contributed by atoms with Gasteiger partial charge < -0.3 is 5.73 Å². The van der Waals surface area contributed by atoms with Crippen molar-refractivity contribution >= 4 is 0 Å². The number of likely N-dealkylation sites (N-methyl/N-ethyl adjacent to an activating group) is 1. The second-order valence-electron chi connectivity index (χ2n) is 4.49. The summed E-state index contributed by atoms with van der Waals surface area (Å²) in [5.41, 5.74) is 5.82. The summed E-state index contributed by atoms with van der Waals surface area (Å²) >= 11 is 0. The van der Waals surface area contributed by atoms with Crippen molar-refractivity contribution in [1.29, 1.82) is 0 Å². The van der Waals surface area contributed by atoms with E-state index in [2.05, 4.69) is 25.5 Å². The summed E-state index contributed by atoms with van der Waals surface area (Å²) < 4.78 is 0. The molecule has 3 unspecified atom stereocenters. The second kappa shape index (κ2) is 5.52. The molecular formula is C12H24N2. The van der Waals surface area contributed by atoms with Gasteiger partial charge in [-0.1, -0.05) is 18.9 Å². The zero-order valence-corrected chi connectivity index (χ0v) is 9.58. The molecule has 1 saturated carbocycles. The lowest BCUT2D eigenvalue weighted by molar-refractivity contribution is 0.116. The van der Waals surface area contributed by atoms with Crippen molar-refractivity contribution in [1.82, 2.24) is 4.90 Å². The predicted octanol–water partition coefficient (Wildman–Crippen LogP) is 2.01. The highest BCUT2D eigenvalue weighted by Crippen LogP contribution is 2.28. The average molecular weight is 196 g/mol. The maximum atomic E-state index is 5.82. The third-order valence-corrected chi connectivity index (χ3v) is 3.68. The standard InChI is InChI=1S/C12H24N2/c1-4-10(2)14(3)12-8-6-5-7-11(12)9-13/h4,10-12H,1,5-9,13H2,2-3H3. The van der Waals surface area contributed by atoms with E-state index in [1.807, 2.05) is 6.08 Å². The Balaban J connectivity index is 2.58. The summed E-state index contributed by atoms with van der Waals surface area (Å²) in [6.45, 7) is 6.89. The lowest BCUT2D eigenvalue weighted by Crippen LogP contribution is -2.46. The molecule has 0 radical (unpaired) electrons. The molecule has 0 spiro atoms. The van der Waals surface area contributed by atoms with Gasteiger partial charge in [-0.05, 0) is 39.3 Å². The molecule has 1 aliphatic rings. The van der Waals surface area contributed by atoms with E-state index in [1.54, 1.807) is 0 Å². The Morgan fingerprint density at radius 2 is 2.14 bits per heavy atom. The van der Waals surface area contributed by atoms with Crippen LogP contribution in [-0.2, 0) is 0 Å². The van der Waals surface area contributed by atoms with Crippen LogP contribution in [0.25, 0.3) is 0 Å². The third kappa shape index (κ3) is 2.58. The highest BCUT2D eigenvalue weighted by Gasteiger charge is 2.28. The van der Waals surface area contributed by atoms with E-state index in [4.69, 9.17) is 5.73 Å². The molecule has 0 amide bonds. The fourth-order valence-electron chi connectivity index (χ4n) is 2.47. The van der Waals surface area contributed by atoms with Crippen LogP contribution >= 0.6 is 0 Å². The van der Waals surface area contributed by atoms with Gasteiger partial charge in [0.2, 0.25) is 0 Å². The van der Waals surface area contributed by atoms with Crippen LogP contribution in [0.15, 0.2) is 12.7 Å². The monoisotopic (exact) mass is 196 g/mol. The summed E-state index contributed by atoms with van der Waals surface area (Å²) in [6.07, 6.45) is 7.33. The zero-order chi connectivity index (χ0) is 10.6. The fourth-order valence-corrected chi connectivity index (χ4v) is 2.47.